The third-order valence-corrected chi connectivity index (χ3v) is 0.500. The molecular weight excluding hydrogens is 367 g/mol. The molecule has 0 aliphatic carbocycles. The number of rotatable bonds is 0. The second kappa shape index (κ2) is 13.5. The van der Waals surface area contributed by atoms with Gasteiger partial charge in [0.15, 0.2) is 0 Å². The van der Waals surface area contributed by atoms with Gasteiger partial charge in [-0.25, -0.2) is 0 Å². The fraction of sp³-hybridized carbons (Fsp3) is 0. The summed E-state index contributed by atoms with van der Waals surface area (Å²) >= 11 is 0. The van der Waals surface area contributed by atoms with E-state index >= 15 is 0 Å². The molecule has 111 valence electrons. The number of carboxylic acid groups (broad SMARTS) is 6. The summed E-state index contributed by atoms with van der Waals surface area (Å²) in [5.41, 5.74) is 0. The van der Waals surface area contributed by atoms with E-state index in [1.807, 2.05) is 0 Å². The predicted octanol–water partition coefficient (Wildman–Crippen LogP) is -10.5. The SMILES string of the molecule is O=C([O-])C(=O)[O-].O=C([O-])C(=O)[O-].O=C([O-])C(=O)[O-].[Rh]. The van der Waals surface area contributed by atoms with Crippen LogP contribution in [0.2, 0.25) is 0 Å². The van der Waals surface area contributed by atoms with Gasteiger partial charge in [0.05, 0.1) is 35.8 Å². The molecule has 0 rings (SSSR count). The van der Waals surface area contributed by atoms with Crippen LogP contribution in [0.25, 0.3) is 0 Å². The van der Waals surface area contributed by atoms with Crippen LogP contribution in [-0.2, 0) is 48.2 Å². The van der Waals surface area contributed by atoms with E-state index in [-0.39, 0.29) is 19.5 Å². The molecule has 0 N–H and O–H groups in total. The maximum absolute atomic E-state index is 8.93. The fourth-order valence-electron chi connectivity index (χ4n) is 0. The van der Waals surface area contributed by atoms with Crippen LogP contribution in [0.15, 0.2) is 0 Å². The zero-order valence-electron chi connectivity index (χ0n) is 8.23. The van der Waals surface area contributed by atoms with Crippen molar-refractivity contribution < 1.29 is 78.9 Å². The Labute approximate surface area is 115 Å². The summed E-state index contributed by atoms with van der Waals surface area (Å²) in [6, 6.07) is 0. The monoisotopic (exact) mass is 367 g/mol. The van der Waals surface area contributed by atoms with Gasteiger partial charge in [0.25, 0.3) is 0 Å². The molecule has 0 heterocycles. The minimum atomic E-state index is -2.19. The van der Waals surface area contributed by atoms with Crippen molar-refractivity contribution in [1.82, 2.24) is 0 Å². The van der Waals surface area contributed by atoms with Crippen molar-refractivity contribution in [3.05, 3.63) is 0 Å². The molecule has 0 amide bonds. The molecule has 1 radical (unpaired) electrons. The minimum Gasteiger partial charge on any atom is -0.543 e. The van der Waals surface area contributed by atoms with Crippen molar-refractivity contribution >= 4 is 35.8 Å². The number of hydrogen-bond acceptors (Lipinski definition) is 12. The van der Waals surface area contributed by atoms with Crippen LogP contribution < -0.4 is 30.6 Å². The van der Waals surface area contributed by atoms with Gasteiger partial charge in [0, 0.05) is 19.5 Å². The number of carbonyl (C=O) groups excluding carboxylic acids is 6. The van der Waals surface area contributed by atoms with Crippen molar-refractivity contribution in [3.63, 3.8) is 0 Å². The molecule has 0 bridgehead atoms. The van der Waals surface area contributed by atoms with Crippen LogP contribution >= 0.6 is 0 Å². The van der Waals surface area contributed by atoms with E-state index in [1.165, 1.54) is 0 Å². The van der Waals surface area contributed by atoms with E-state index in [1.54, 1.807) is 0 Å². The molecule has 0 spiro atoms. The Hall–Kier alpha value is -2.56. The Balaban J connectivity index is -0.0000000865. The molecule has 0 unspecified atom stereocenters. The van der Waals surface area contributed by atoms with Crippen molar-refractivity contribution in [1.29, 1.82) is 0 Å². The largest absolute Gasteiger partial charge is 0.543 e. The summed E-state index contributed by atoms with van der Waals surface area (Å²) in [5, 5.41) is 53.6. The standard InChI is InChI=1S/3C2H2O4.Rh/c3*3-1(4)2(5)6;/h3*(H,3,4)(H,5,6);/p-6. The predicted molar refractivity (Wildman–Crippen MR) is 30.0 cm³/mol. The van der Waals surface area contributed by atoms with Gasteiger partial charge in [-0.15, -0.1) is 0 Å². The molecule has 0 aromatic heterocycles. The number of carbonyl (C=O) groups is 6. The molecule has 0 saturated carbocycles. The van der Waals surface area contributed by atoms with Gasteiger partial charge < -0.3 is 59.4 Å². The van der Waals surface area contributed by atoms with Crippen molar-refractivity contribution in [3.8, 4) is 0 Å². The molecular formula is C6O12Rh-6. The summed E-state index contributed by atoms with van der Waals surface area (Å²) < 4.78 is 0. The smallest absolute Gasteiger partial charge is 0.0870 e. The molecule has 0 aliphatic rings. The zero-order chi connectivity index (χ0) is 15.5. The molecule has 0 aromatic carbocycles. The maximum atomic E-state index is 8.93. The summed E-state index contributed by atoms with van der Waals surface area (Å²) in [7, 11) is 0. The number of hydrogen-bond donors (Lipinski definition) is 0. The van der Waals surface area contributed by atoms with E-state index < -0.39 is 35.8 Å². The van der Waals surface area contributed by atoms with E-state index in [9.17, 15) is 0 Å². The van der Waals surface area contributed by atoms with Crippen LogP contribution in [0.5, 0.6) is 0 Å². The second-order valence-corrected chi connectivity index (χ2v) is 1.72. The van der Waals surface area contributed by atoms with E-state index in [2.05, 4.69) is 0 Å². The average molecular weight is 367 g/mol. The number of carboxylic acids is 6. The third-order valence-electron chi connectivity index (χ3n) is 0.500. The van der Waals surface area contributed by atoms with Crippen LogP contribution in [-0.4, -0.2) is 35.8 Å². The van der Waals surface area contributed by atoms with Crippen LogP contribution in [0.3, 0.4) is 0 Å². The van der Waals surface area contributed by atoms with E-state index in [0.29, 0.717) is 0 Å². The van der Waals surface area contributed by atoms with Crippen LogP contribution in [0, 0.1) is 0 Å². The average Bonchev–Trinajstić information content (AvgIpc) is 2.18. The summed E-state index contributed by atoms with van der Waals surface area (Å²) in [6.07, 6.45) is 0. The van der Waals surface area contributed by atoms with Gasteiger partial charge in [0.1, 0.15) is 0 Å². The molecule has 0 saturated heterocycles. The molecule has 13 heteroatoms. The van der Waals surface area contributed by atoms with E-state index in [4.69, 9.17) is 59.4 Å². The topological polar surface area (TPSA) is 241 Å². The van der Waals surface area contributed by atoms with Gasteiger partial charge in [-0.3, -0.25) is 0 Å². The van der Waals surface area contributed by atoms with Gasteiger partial charge in [-0.2, -0.15) is 0 Å². The Morgan fingerprint density at radius 1 is 0.368 bits per heavy atom. The maximum Gasteiger partial charge on any atom is 0.0870 e. The van der Waals surface area contributed by atoms with Crippen molar-refractivity contribution in [2.45, 2.75) is 0 Å². The molecule has 0 aromatic rings. The first kappa shape index (κ1) is 25.3. The molecule has 12 nitrogen and oxygen atoms in total. The molecule has 0 fully saturated rings. The summed E-state index contributed by atoms with van der Waals surface area (Å²) in [6.45, 7) is 0. The molecule has 0 aliphatic heterocycles. The zero-order valence-corrected chi connectivity index (χ0v) is 9.87. The summed E-state index contributed by atoms with van der Waals surface area (Å²) in [4.78, 5) is 53.6. The second-order valence-electron chi connectivity index (χ2n) is 1.72. The third kappa shape index (κ3) is 31.3. The van der Waals surface area contributed by atoms with Gasteiger partial charge in [0.2, 0.25) is 0 Å². The Morgan fingerprint density at radius 2 is 0.421 bits per heavy atom. The Bertz CT molecular complexity index is 277. The quantitative estimate of drug-likeness (QED) is 0.286. The van der Waals surface area contributed by atoms with Gasteiger partial charge >= 0.3 is 0 Å². The first-order valence-corrected chi connectivity index (χ1v) is 3.20. The summed E-state index contributed by atoms with van der Waals surface area (Å²) in [5.74, 6) is -13.1. The Kier molecular flexibility index (Phi) is 18.0. The van der Waals surface area contributed by atoms with Crippen molar-refractivity contribution in [2.24, 2.45) is 0 Å². The van der Waals surface area contributed by atoms with Gasteiger partial charge in [-0.05, 0) is 0 Å². The van der Waals surface area contributed by atoms with Crippen LogP contribution in [0.1, 0.15) is 0 Å². The normalized spacial score (nSPS) is 6.95. The minimum absolute atomic E-state index is 0. The Morgan fingerprint density at radius 3 is 0.421 bits per heavy atom. The van der Waals surface area contributed by atoms with E-state index in [0.717, 1.165) is 0 Å². The fourth-order valence-corrected chi connectivity index (χ4v) is 0. The first-order chi connectivity index (χ1) is 7.93. The first-order valence-electron chi connectivity index (χ1n) is 3.20. The van der Waals surface area contributed by atoms with Gasteiger partial charge in [-0.1, -0.05) is 0 Å². The van der Waals surface area contributed by atoms with Crippen LogP contribution in [0.4, 0.5) is 0 Å². The number of aliphatic carboxylic acids is 6. The molecule has 19 heavy (non-hydrogen) atoms. The van der Waals surface area contributed by atoms with Crippen molar-refractivity contribution in [2.75, 3.05) is 0 Å². The molecule has 0 atom stereocenters.